The van der Waals surface area contributed by atoms with Gasteiger partial charge in [0.15, 0.2) is 6.61 Å². The molecule has 20 heavy (non-hydrogen) atoms. The van der Waals surface area contributed by atoms with Gasteiger partial charge in [0.05, 0.1) is 0 Å². The molecule has 0 atom stereocenters. The van der Waals surface area contributed by atoms with Crippen LogP contribution in [-0.2, 0) is 9.53 Å². The second kappa shape index (κ2) is 6.60. The van der Waals surface area contributed by atoms with Crippen molar-refractivity contribution in [2.45, 2.75) is 6.18 Å². The highest BCUT2D eigenvalue weighted by Gasteiger charge is 2.27. The van der Waals surface area contributed by atoms with Gasteiger partial charge in [-0.2, -0.15) is 13.2 Å². The minimum absolute atomic E-state index is 0.206. The van der Waals surface area contributed by atoms with Crippen LogP contribution in [0.5, 0.6) is 5.75 Å². The number of alkyl halides is 3. The fraction of sp³-hybridized carbons (Fsp3) is 0.273. The van der Waals surface area contributed by atoms with Crippen molar-refractivity contribution < 1.29 is 32.6 Å². The first-order chi connectivity index (χ1) is 9.19. The highest BCUT2D eigenvalue weighted by atomic mass is 79.9. The number of hydrogen-bond acceptors (Lipinski definition) is 4. The molecule has 0 saturated heterocycles. The molecular formula is C11H9BrF3NO4. The largest absolute Gasteiger partial charge is 0.507 e. The molecule has 0 aliphatic carbocycles. The van der Waals surface area contributed by atoms with Gasteiger partial charge in [-0.3, -0.25) is 4.79 Å². The Morgan fingerprint density at radius 1 is 1.35 bits per heavy atom. The van der Waals surface area contributed by atoms with Crippen LogP contribution >= 0.6 is 15.9 Å². The first-order valence-electron chi connectivity index (χ1n) is 5.18. The Hall–Kier alpha value is -1.77. The zero-order valence-corrected chi connectivity index (χ0v) is 11.4. The quantitative estimate of drug-likeness (QED) is 0.810. The van der Waals surface area contributed by atoms with Crippen molar-refractivity contribution in [1.29, 1.82) is 0 Å². The molecule has 0 saturated carbocycles. The number of halogens is 4. The number of rotatable bonds is 4. The Bertz CT molecular complexity index is 519. The summed E-state index contributed by atoms with van der Waals surface area (Å²) >= 11 is 3.07. The van der Waals surface area contributed by atoms with Gasteiger partial charge in [0.1, 0.15) is 17.9 Å². The summed E-state index contributed by atoms with van der Waals surface area (Å²) in [5.41, 5.74) is -0.206. The van der Waals surface area contributed by atoms with Crippen molar-refractivity contribution in [2.24, 2.45) is 0 Å². The van der Waals surface area contributed by atoms with E-state index in [9.17, 15) is 27.9 Å². The lowest BCUT2D eigenvalue weighted by molar-refractivity contribution is -0.140. The maximum Gasteiger partial charge on any atom is 0.405 e. The van der Waals surface area contributed by atoms with Crippen LogP contribution in [0.25, 0.3) is 0 Å². The minimum atomic E-state index is -4.54. The highest BCUT2D eigenvalue weighted by Crippen LogP contribution is 2.22. The van der Waals surface area contributed by atoms with Crippen LogP contribution < -0.4 is 5.32 Å². The maximum absolute atomic E-state index is 11.8. The number of hydrogen-bond donors (Lipinski definition) is 2. The van der Waals surface area contributed by atoms with Crippen molar-refractivity contribution in [2.75, 3.05) is 13.2 Å². The highest BCUT2D eigenvalue weighted by molar-refractivity contribution is 9.10. The lowest BCUT2D eigenvalue weighted by atomic mass is 10.2. The third-order valence-electron chi connectivity index (χ3n) is 2.00. The molecular weight excluding hydrogens is 347 g/mol. The maximum atomic E-state index is 11.8. The van der Waals surface area contributed by atoms with Gasteiger partial charge in [-0.25, -0.2) is 4.79 Å². The molecule has 5 nitrogen and oxygen atoms in total. The van der Waals surface area contributed by atoms with E-state index in [0.29, 0.717) is 4.47 Å². The van der Waals surface area contributed by atoms with Crippen molar-refractivity contribution >= 4 is 27.8 Å². The monoisotopic (exact) mass is 355 g/mol. The third kappa shape index (κ3) is 5.47. The molecule has 0 heterocycles. The molecule has 0 spiro atoms. The molecule has 0 radical (unpaired) electrons. The second-order valence-electron chi connectivity index (χ2n) is 3.63. The SMILES string of the molecule is O=C(COC(=O)c1cc(Br)ccc1O)NCC(F)(F)F. The summed E-state index contributed by atoms with van der Waals surface area (Å²) in [7, 11) is 0. The molecule has 110 valence electrons. The van der Waals surface area contributed by atoms with Gasteiger partial charge in [0, 0.05) is 4.47 Å². The van der Waals surface area contributed by atoms with Crippen molar-refractivity contribution in [3.8, 4) is 5.75 Å². The zero-order valence-electron chi connectivity index (χ0n) is 9.83. The molecule has 0 bridgehead atoms. The van der Waals surface area contributed by atoms with Crippen LogP contribution in [0.4, 0.5) is 13.2 Å². The van der Waals surface area contributed by atoms with Gasteiger partial charge in [-0.1, -0.05) is 15.9 Å². The van der Waals surface area contributed by atoms with Crippen LogP contribution in [0.3, 0.4) is 0 Å². The first kappa shape index (κ1) is 16.3. The molecule has 1 rings (SSSR count). The molecule has 1 amide bonds. The lowest BCUT2D eigenvalue weighted by Crippen LogP contribution is -2.36. The molecule has 0 aromatic heterocycles. The fourth-order valence-electron chi connectivity index (χ4n) is 1.13. The van der Waals surface area contributed by atoms with Crippen molar-refractivity contribution in [3.05, 3.63) is 28.2 Å². The topological polar surface area (TPSA) is 75.6 Å². The summed E-state index contributed by atoms with van der Waals surface area (Å²) < 4.78 is 40.4. The van der Waals surface area contributed by atoms with E-state index >= 15 is 0 Å². The van der Waals surface area contributed by atoms with Crippen molar-refractivity contribution in [1.82, 2.24) is 5.32 Å². The summed E-state index contributed by atoms with van der Waals surface area (Å²) in [6.07, 6.45) is -4.54. The second-order valence-corrected chi connectivity index (χ2v) is 4.55. The molecule has 0 aliphatic heterocycles. The summed E-state index contributed by atoms with van der Waals surface area (Å²) in [6.45, 7) is -2.38. The number of esters is 1. The fourth-order valence-corrected chi connectivity index (χ4v) is 1.49. The number of benzene rings is 1. The molecule has 9 heteroatoms. The molecule has 0 fully saturated rings. The van der Waals surface area contributed by atoms with Crippen LogP contribution in [-0.4, -0.2) is 36.3 Å². The van der Waals surface area contributed by atoms with Crippen LogP contribution in [0.15, 0.2) is 22.7 Å². The number of amides is 1. The van der Waals surface area contributed by atoms with E-state index in [4.69, 9.17) is 0 Å². The van der Waals surface area contributed by atoms with Gasteiger partial charge < -0.3 is 15.2 Å². The number of carbonyl (C=O) groups is 2. The smallest absolute Gasteiger partial charge is 0.405 e. The van der Waals surface area contributed by atoms with Gasteiger partial charge in [0.25, 0.3) is 5.91 Å². The number of phenolic OH excluding ortho intramolecular Hbond substituents is 1. The van der Waals surface area contributed by atoms with Gasteiger partial charge >= 0.3 is 12.1 Å². The summed E-state index contributed by atoms with van der Waals surface area (Å²) in [5.74, 6) is -2.48. The Labute approximate surface area is 119 Å². The number of nitrogens with one attached hydrogen (secondary N) is 1. The average Bonchev–Trinajstić information content (AvgIpc) is 2.35. The predicted molar refractivity (Wildman–Crippen MR) is 65.2 cm³/mol. The van der Waals surface area contributed by atoms with E-state index in [1.165, 1.54) is 18.2 Å². The number of carbonyl (C=O) groups excluding carboxylic acids is 2. The van der Waals surface area contributed by atoms with Gasteiger partial charge in [-0.15, -0.1) is 0 Å². The molecule has 1 aromatic carbocycles. The molecule has 0 unspecified atom stereocenters. The van der Waals surface area contributed by atoms with E-state index in [1.807, 2.05) is 0 Å². The normalized spacial score (nSPS) is 11.0. The standard InChI is InChI=1S/C11H9BrF3NO4/c12-6-1-2-8(17)7(3-6)10(19)20-4-9(18)16-5-11(13,14)15/h1-3,17H,4-5H2,(H,16,18). The average molecular weight is 356 g/mol. The van der Waals surface area contributed by atoms with E-state index in [-0.39, 0.29) is 11.3 Å². The number of ether oxygens (including phenoxy) is 1. The number of phenols is 1. The van der Waals surface area contributed by atoms with Crippen LogP contribution in [0.2, 0.25) is 0 Å². The zero-order chi connectivity index (χ0) is 15.3. The van der Waals surface area contributed by atoms with E-state index in [1.54, 1.807) is 5.32 Å². The van der Waals surface area contributed by atoms with E-state index < -0.39 is 31.2 Å². The Kier molecular flexibility index (Phi) is 5.37. The summed E-state index contributed by atoms with van der Waals surface area (Å²) in [6, 6.07) is 3.96. The van der Waals surface area contributed by atoms with Crippen LogP contribution in [0.1, 0.15) is 10.4 Å². The molecule has 0 aliphatic rings. The Morgan fingerprint density at radius 2 is 2.00 bits per heavy atom. The summed E-state index contributed by atoms with van der Waals surface area (Å²) in [5, 5.41) is 11.0. The number of aromatic hydroxyl groups is 1. The van der Waals surface area contributed by atoms with E-state index in [0.717, 1.165) is 0 Å². The van der Waals surface area contributed by atoms with Crippen molar-refractivity contribution in [3.63, 3.8) is 0 Å². The summed E-state index contributed by atoms with van der Waals surface area (Å²) in [4.78, 5) is 22.5. The first-order valence-corrected chi connectivity index (χ1v) is 5.97. The predicted octanol–water partition coefficient (Wildman–Crippen LogP) is 1.99. The third-order valence-corrected chi connectivity index (χ3v) is 2.49. The Morgan fingerprint density at radius 3 is 2.60 bits per heavy atom. The molecule has 1 aromatic rings. The molecule has 2 N–H and O–H groups in total. The van der Waals surface area contributed by atoms with Gasteiger partial charge in [0.2, 0.25) is 0 Å². The minimum Gasteiger partial charge on any atom is -0.507 e. The van der Waals surface area contributed by atoms with E-state index in [2.05, 4.69) is 20.7 Å². The van der Waals surface area contributed by atoms with Gasteiger partial charge in [-0.05, 0) is 18.2 Å². The Balaban J connectivity index is 2.51. The lowest BCUT2D eigenvalue weighted by Gasteiger charge is -2.09. The van der Waals surface area contributed by atoms with Crippen LogP contribution in [0, 0.1) is 0 Å².